The molecule has 9 heteroatoms. The van der Waals surface area contributed by atoms with Crippen molar-refractivity contribution in [2.75, 3.05) is 57.8 Å². The summed E-state index contributed by atoms with van der Waals surface area (Å²) in [5, 5.41) is 0. The molecule has 0 radical (unpaired) electrons. The SMILES string of the molecule is CCOC(=O)CC(C)N1CCC(N2CCN(c3cnc4c(n3)CCN(C)CC4)C2=O)CC1. The van der Waals surface area contributed by atoms with Gasteiger partial charge in [-0.3, -0.25) is 19.6 Å². The Balaban J connectivity index is 1.33. The summed E-state index contributed by atoms with van der Waals surface area (Å²) in [5.41, 5.74) is 2.09. The third-order valence-corrected chi connectivity index (χ3v) is 7.03. The van der Waals surface area contributed by atoms with Crippen LogP contribution < -0.4 is 4.90 Å². The van der Waals surface area contributed by atoms with Crippen molar-refractivity contribution >= 4 is 17.8 Å². The molecule has 0 N–H and O–H groups in total. The molecule has 1 unspecified atom stereocenters. The van der Waals surface area contributed by atoms with E-state index < -0.39 is 0 Å². The van der Waals surface area contributed by atoms with Crippen molar-refractivity contribution in [3.8, 4) is 0 Å². The van der Waals surface area contributed by atoms with Crippen molar-refractivity contribution in [2.24, 2.45) is 0 Å². The average Bonchev–Trinajstić information content (AvgIpc) is 3.07. The van der Waals surface area contributed by atoms with Gasteiger partial charge >= 0.3 is 12.0 Å². The number of amides is 2. The molecule has 4 rings (SSSR count). The number of likely N-dealkylation sites (N-methyl/N-ethyl adjacent to an activating group) is 1. The lowest BCUT2D eigenvalue weighted by molar-refractivity contribution is -0.144. The zero-order valence-electron chi connectivity index (χ0n) is 19.6. The molecule has 2 saturated heterocycles. The highest BCUT2D eigenvalue weighted by molar-refractivity contribution is 5.93. The topological polar surface area (TPSA) is 82.1 Å². The number of carbonyl (C=O) groups is 2. The van der Waals surface area contributed by atoms with Gasteiger partial charge in [0, 0.05) is 64.2 Å². The van der Waals surface area contributed by atoms with E-state index in [0.29, 0.717) is 25.4 Å². The van der Waals surface area contributed by atoms with Crippen LogP contribution in [0.5, 0.6) is 0 Å². The van der Waals surface area contributed by atoms with Gasteiger partial charge in [0.25, 0.3) is 0 Å². The summed E-state index contributed by atoms with van der Waals surface area (Å²) < 4.78 is 5.08. The third-order valence-electron chi connectivity index (χ3n) is 7.03. The molecule has 0 bridgehead atoms. The summed E-state index contributed by atoms with van der Waals surface area (Å²) in [6, 6.07) is 0.443. The lowest BCUT2D eigenvalue weighted by Crippen LogP contribution is -2.49. The number of esters is 1. The molecule has 4 heterocycles. The number of aromatic nitrogens is 2. The van der Waals surface area contributed by atoms with E-state index >= 15 is 0 Å². The van der Waals surface area contributed by atoms with E-state index in [1.54, 1.807) is 11.1 Å². The molecule has 2 amide bonds. The third kappa shape index (κ3) is 5.04. The van der Waals surface area contributed by atoms with Crippen LogP contribution in [-0.2, 0) is 22.4 Å². The normalized spacial score (nSPS) is 22.0. The van der Waals surface area contributed by atoms with E-state index in [2.05, 4.69) is 28.8 Å². The molecule has 1 aromatic rings. The summed E-state index contributed by atoms with van der Waals surface area (Å²) in [6.07, 6.45) is 5.82. The van der Waals surface area contributed by atoms with Crippen molar-refractivity contribution in [3.63, 3.8) is 0 Å². The first-order chi connectivity index (χ1) is 15.5. The molecule has 0 aromatic carbocycles. The van der Waals surface area contributed by atoms with Crippen LogP contribution in [0, 0.1) is 0 Å². The molecule has 1 aromatic heterocycles. The van der Waals surface area contributed by atoms with Crippen LogP contribution in [0.2, 0.25) is 0 Å². The number of fused-ring (bicyclic) bond motifs is 1. The van der Waals surface area contributed by atoms with Gasteiger partial charge in [0.05, 0.1) is 30.6 Å². The van der Waals surface area contributed by atoms with Gasteiger partial charge in [-0.1, -0.05) is 0 Å². The van der Waals surface area contributed by atoms with Gasteiger partial charge in [-0.25, -0.2) is 9.78 Å². The second-order valence-corrected chi connectivity index (χ2v) is 9.18. The average molecular weight is 445 g/mol. The number of anilines is 1. The van der Waals surface area contributed by atoms with Crippen LogP contribution in [-0.4, -0.2) is 102 Å². The zero-order valence-corrected chi connectivity index (χ0v) is 19.6. The fourth-order valence-corrected chi connectivity index (χ4v) is 5.02. The van der Waals surface area contributed by atoms with Gasteiger partial charge in [0.1, 0.15) is 0 Å². The molecule has 0 spiro atoms. The maximum atomic E-state index is 13.2. The van der Waals surface area contributed by atoms with Crippen LogP contribution in [0.1, 0.15) is 44.5 Å². The molecular weight excluding hydrogens is 408 g/mol. The molecule has 0 saturated carbocycles. The van der Waals surface area contributed by atoms with Crippen LogP contribution in [0.25, 0.3) is 0 Å². The number of ether oxygens (including phenoxy) is 1. The van der Waals surface area contributed by atoms with Crippen LogP contribution >= 0.6 is 0 Å². The first-order valence-electron chi connectivity index (χ1n) is 12.0. The minimum absolute atomic E-state index is 0.0445. The fourth-order valence-electron chi connectivity index (χ4n) is 5.02. The quantitative estimate of drug-likeness (QED) is 0.616. The Labute approximate surface area is 190 Å². The van der Waals surface area contributed by atoms with E-state index in [0.717, 1.165) is 69.8 Å². The maximum absolute atomic E-state index is 13.2. The Morgan fingerprint density at radius 1 is 1.12 bits per heavy atom. The Morgan fingerprint density at radius 3 is 2.56 bits per heavy atom. The lowest BCUT2D eigenvalue weighted by Gasteiger charge is -2.39. The number of hydrogen-bond acceptors (Lipinski definition) is 7. The molecular formula is C23H36N6O3. The maximum Gasteiger partial charge on any atom is 0.326 e. The standard InChI is InChI=1S/C23H36N6O3/c1-4-32-22(30)15-17(2)27-11-5-18(6-12-27)28-13-14-29(23(28)31)21-16-24-19-7-9-26(3)10-8-20(19)25-21/h16-18H,4-15H2,1-3H3. The zero-order chi connectivity index (χ0) is 22.7. The summed E-state index contributed by atoms with van der Waals surface area (Å²) in [4.78, 5) is 42.9. The molecule has 32 heavy (non-hydrogen) atoms. The smallest absolute Gasteiger partial charge is 0.326 e. The van der Waals surface area contributed by atoms with Crippen molar-refractivity contribution in [3.05, 3.63) is 17.6 Å². The molecule has 3 aliphatic heterocycles. The van der Waals surface area contributed by atoms with E-state index in [9.17, 15) is 9.59 Å². The molecule has 1 atom stereocenters. The van der Waals surface area contributed by atoms with E-state index in [-0.39, 0.29) is 24.1 Å². The van der Waals surface area contributed by atoms with E-state index in [4.69, 9.17) is 9.72 Å². The van der Waals surface area contributed by atoms with Crippen LogP contribution in [0.3, 0.4) is 0 Å². The molecule has 3 aliphatic rings. The molecule has 0 aliphatic carbocycles. The number of piperidine rings is 1. The van der Waals surface area contributed by atoms with Gasteiger partial charge < -0.3 is 14.5 Å². The Bertz CT molecular complexity index is 826. The molecule has 9 nitrogen and oxygen atoms in total. The number of urea groups is 1. The first kappa shape index (κ1) is 22.9. The van der Waals surface area contributed by atoms with Crippen molar-refractivity contribution in [2.45, 2.75) is 58.0 Å². The van der Waals surface area contributed by atoms with E-state index in [1.807, 2.05) is 11.8 Å². The van der Waals surface area contributed by atoms with Gasteiger partial charge in [-0.15, -0.1) is 0 Å². The number of rotatable bonds is 6. The monoisotopic (exact) mass is 444 g/mol. The Kier molecular flexibility index (Phi) is 7.25. The number of carbonyl (C=O) groups excluding carboxylic acids is 2. The van der Waals surface area contributed by atoms with E-state index in [1.165, 1.54) is 0 Å². The second-order valence-electron chi connectivity index (χ2n) is 9.18. The molecule has 176 valence electrons. The number of likely N-dealkylation sites (tertiary alicyclic amines) is 1. The minimum atomic E-state index is -0.138. The van der Waals surface area contributed by atoms with Crippen LogP contribution in [0.4, 0.5) is 10.6 Å². The van der Waals surface area contributed by atoms with Gasteiger partial charge in [0.2, 0.25) is 0 Å². The highest BCUT2D eigenvalue weighted by atomic mass is 16.5. The molecule has 2 fully saturated rings. The Morgan fingerprint density at radius 2 is 1.84 bits per heavy atom. The minimum Gasteiger partial charge on any atom is -0.466 e. The summed E-state index contributed by atoms with van der Waals surface area (Å²) in [7, 11) is 2.12. The number of nitrogens with zero attached hydrogens (tertiary/aromatic N) is 6. The summed E-state index contributed by atoms with van der Waals surface area (Å²) >= 11 is 0. The Hall–Kier alpha value is -2.26. The fraction of sp³-hybridized carbons (Fsp3) is 0.739. The highest BCUT2D eigenvalue weighted by Gasteiger charge is 2.37. The van der Waals surface area contributed by atoms with Crippen molar-refractivity contribution in [1.29, 1.82) is 0 Å². The lowest BCUT2D eigenvalue weighted by atomic mass is 10.0. The van der Waals surface area contributed by atoms with Crippen molar-refractivity contribution < 1.29 is 14.3 Å². The van der Waals surface area contributed by atoms with Gasteiger partial charge in [-0.2, -0.15) is 0 Å². The highest BCUT2D eigenvalue weighted by Crippen LogP contribution is 2.26. The van der Waals surface area contributed by atoms with Gasteiger partial charge in [0.15, 0.2) is 5.82 Å². The summed E-state index contributed by atoms with van der Waals surface area (Å²) in [5.74, 6) is 0.544. The predicted molar refractivity (Wildman–Crippen MR) is 122 cm³/mol. The van der Waals surface area contributed by atoms with Crippen LogP contribution in [0.15, 0.2) is 6.20 Å². The summed E-state index contributed by atoms with van der Waals surface area (Å²) in [6.45, 7) is 9.46. The van der Waals surface area contributed by atoms with Crippen molar-refractivity contribution in [1.82, 2.24) is 24.7 Å². The van der Waals surface area contributed by atoms with Gasteiger partial charge in [-0.05, 0) is 33.7 Å². The first-order valence-corrected chi connectivity index (χ1v) is 12.0. The predicted octanol–water partition coefficient (Wildman–Crippen LogP) is 1.56. The second kappa shape index (κ2) is 10.1. The largest absolute Gasteiger partial charge is 0.466 e. The number of hydrogen-bond donors (Lipinski definition) is 0.